The average Bonchev–Trinajstić information content (AvgIpc) is 3.19. The van der Waals surface area contributed by atoms with Gasteiger partial charge in [-0.1, -0.05) is 60.2 Å². The number of aromatic nitrogens is 2. The van der Waals surface area contributed by atoms with E-state index in [0.717, 1.165) is 47.6 Å². The number of nitrogens with zero attached hydrogens (tertiary/aromatic N) is 2. The van der Waals surface area contributed by atoms with E-state index in [1.165, 1.54) is 11.1 Å². The molecule has 0 aliphatic rings. The highest BCUT2D eigenvalue weighted by atomic mass is 16.5. The molecule has 0 saturated heterocycles. The van der Waals surface area contributed by atoms with Crippen LogP contribution in [0.3, 0.4) is 0 Å². The number of benzene rings is 3. The lowest BCUT2D eigenvalue weighted by Gasteiger charge is -2.12. The lowest BCUT2D eigenvalue weighted by atomic mass is 10.1. The van der Waals surface area contributed by atoms with E-state index in [-0.39, 0.29) is 5.91 Å². The molecule has 0 unspecified atom stereocenters. The van der Waals surface area contributed by atoms with Crippen LogP contribution in [0.2, 0.25) is 0 Å². The summed E-state index contributed by atoms with van der Waals surface area (Å²) in [4.78, 5) is 17.1. The number of hydrogen-bond donors (Lipinski definition) is 1. The van der Waals surface area contributed by atoms with Gasteiger partial charge in [-0.25, -0.2) is 4.98 Å². The van der Waals surface area contributed by atoms with Gasteiger partial charge in [0.1, 0.15) is 11.6 Å². The van der Waals surface area contributed by atoms with Crippen molar-refractivity contribution in [2.75, 3.05) is 13.2 Å². The highest BCUT2D eigenvalue weighted by molar-refractivity contribution is 5.77. The molecule has 0 aliphatic carbocycles. The Bertz CT molecular complexity index is 1230. The third kappa shape index (κ3) is 6.25. The minimum atomic E-state index is 0.0772. The number of amides is 1. The van der Waals surface area contributed by atoms with E-state index >= 15 is 0 Å². The van der Waals surface area contributed by atoms with Gasteiger partial charge in [-0.3, -0.25) is 4.79 Å². The first-order chi connectivity index (χ1) is 16.6. The maximum atomic E-state index is 12.3. The number of rotatable bonds is 11. The normalized spacial score (nSPS) is 11.0. The molecule has 0 fully saturated rings. The van der Waals surface area contributed by atoms with E-state index in [1.54, 1.807) is 0 Å². The zero-order valence-electron chi connectivity index (χ0n) is 20.1. The minimum absolute atomic E-state index is 0.0772. The number of fused-ring (bicyclic) bond motifs is 1. The SMILES string of the molecule is Cc1ccc(OCCCn2c(CCNC(=O)CCc3ccccc3)nc3ccccc32)c(C)c1. The van der Waals surface area contributed by atoms with Gasteiger partial charge in [-0.15, -0.1) is 0 Å². The summed E-state index contributed by atoms with van der Waals surface area (Å²) in [7, 11) is 0. The second-order valence-corrected chi connectivity index (χ2v) is 8.72. The van der Waals surface area contributed by atoms with Crippen LogP contribution in [0.4, 0.5) is 0 Å². The molecule has 0 atom stereocenters. The minimum Gasteiger partial charge on any atom is -0.493 e. The van der Waals surface area contributed by atoms with Gasteiger partial charge in [0.05, 0.1) is 17.6 Å². The standard InChI is InChI=1S/C29H33N3O2/c1-22-13-15-27(23(2)21-22)34-20-8-19-32-26-12-7-6-11-25(26)31-28(32)17-18-30-29(33)16-14-24-9-4-3-5-10-24/h3-7,9-13,15,21H,8,14,16-20H2,1-2H3,(H,30,33). The lowest BCUT2D eigenvalue weighted by molar-refractivity contribution is -0.121. The largest absolute Gasteiger partial charge is 0.493 e. The van der Waals surface area contributed by atoms with Crippen LogP contribution in [0.5, 0.6) is 5.75 Å². The summed E-state index contributed by atoms with van der Waals surface area (Å²) in [5.41, 5.74) is 5.70. The van der Waals surface area contributed by atoms with Crippen molar-refractivity contribution in [3.63, 3.8) is 0 Å². The van der Waals surface area contributed by atoms with Gasteiger partial charge < -0.3 is 14.6 Å². The molecule has 3 aromatic carbocycles. The van der Waals surface area contributed by atoms with Crippen molar-refractivity contribution in [3.05, 3.63) is 95.3 Å². The van der Waals surface area contributed by atoms with Crippen molar-refractivity contribution in [3.8, 4) is 5.75 Å². The summed E-state index contributed by atoms with van der Waals surface area (Å²) < 4.78 is 8.29. The smallest absolute Gasteiger partial charge is 0.220 e. The molecular weight excluding hydrogens is 422 g/mol. The summed E-state index contributed by atoms with van der Waals surface area (Å²) in [5, 5.41) is 3.06. The quantitative estimate of drug-likeness (QED) is 0.308. The Labute approximate surface area is 201 Å². The molecule has 5 heteroatoms. The van der Waals surface area contributed by atoms with Crippen LogP contribution in [-0.2, 0) is 24.2 Å². The first kappa shape index (κ1) is 23.6. The molecule has 0 saturated carbocycles. The lowest BCUT2D eigenvalue weighted by Crippen LogP contribution is -2.26. The predicted molar refractivity (Wildman–Crippen MR) is 137 cm³/mol. The van der Waals surface area contributed by atoms with Crippen LogP contribution in [0.25, 0.3) is 11.0 Å². The highest BCUT2D eigenvalue weighted by Gasteiger charge is 2.11. The Morgan fingerprint density at radius 1 is 0.971 bits per heavy atom. The number of hydrogen-bond acceptors (Lipinski definition) is 3. The number of aryl methyl sites for hydroxylation is 4. The van der Waals surface area contributed by atoms with Gasteiger partial charge in [0.15, 0.2) is 0 Å². The van der Waals surface area contributed by atoms with E-state index < -0.39 is 0 Å². The molecule has 1 aromatic heterocycles. The van der Waals surface area contributed by atoms with E-state index in [2.05, 4.69) is 54.1 Å². The Morgan fingerprint density at radius 2 is 1.76 bits per heavy atom. The number of ether oxygens (including phenoxy) is 1. The van der Waals surface area contributed by atoms with Crippen LogP contribution in [-0.4, -0.2) is 28.6 Å². The summed E-state index contributed by atoms with van der Waals surface area (Å²) in [5.74, 6) is 2.02. The summed E-state index contributed by atoms with van der Waals surface area (Å²) in [6.07, 6.45) is 2.83. The van der Waals surface area contributed by atoms with Gasteiger partial charge in [-0.2, -0.15) is 0 Å². The summed E-state index contributed by atoms with van der Waals surface area (Å²) in [6, 6.07) is 24.6. The fraction of sp³-hybridized carbons (Fsp3) is 0.310. The Kier molecular flexibility index (Phi) is 7.97. The van der Waals surface area contributed by atoms with Crippen LogP contribution in [0.1, 0.15) is 35.4 Å². The van der Waals surface area contributed by atoms with E-state index in [1.807, 2.05) is 42.5 Å². The summed E-state index contributed by atoms with van der Waals surface area (Å²) in [6.45, 7) is 6.22. The van der Waals surface area contributed by atoms with Crippen molar-refractivity contribution >= 4 is 16.9 Å². The third-order valence-electron chi connectivity index (χ3n) is 6.00. The highest BCUT2D eigenvalue weighted by Crippen LogP contribution is 2.20. The van der Waals surface area contributed by atoms with E-state index in [9.17, 15) is 4.79 Å². The number of carbonyl (C=O) groups excluding carboxylic acids is 1. The molecule has 1 heterocycles. The van der Waals surface area contributed by atoms with Gasteiger partial charge in [0, 0.05) is 25.9 Å². The number of nitrogens with one attached hydrogen (secondary N) is 1. The Morgan fingerprint density at radius 3 is 2.59 bits per heavy atom. The maximum absolute atomic E-state index is 12.3. The maximum Gasteiger partial charge on any atom is 0.220 e. The number of imidazole rings is 1. The van der Waals surface area contributed by atoms with Crippen molar-refractivity contribution in [1.29, 1.82) is 0 Å². The molecular formula is C29H33N3O2. The zero-order valence-corrected chi connectivity index (χ0v) is 20.1. The average molecular weight is 456 g/mol. The van der Waals surface area contributed by atoms with Crippen LogP contribution in [0, 0.1) is 13.8 Å². The summed E-state index contributed by atoms with van der Waals surface area (Å²) >= 11 is 0. The molecule has 176 valence electrons. The fourth-order valence-corrected chi connectivity index (χ4v) is 4.24. The predicted octanol–water partition coefficient (Wildman–Crippen LogP) is 5.41. The third-order valence-corrected chi connectivity index (χ3v) is 6.00. The Balaban J connectivity index is 1.31. The molecule has 0 aliphatic heterocycles. The molecule has 1 N–H and O–H groups in total. The van der Waals surface area contributed by atoms with Crippen LogP contribution < -0.4 is 10.1 Å². The first-order valence-corrected chi connectivity index (χ1v) is 12.0. The van der Waals surface area contributed by atoms with Crippen molar-refractivity contribution < 1.29 is 9.53 Å². The molecule has 4 aromatic rings. The topological polar surface area (TPSA) is 56.1 Å². The number of para-hydroxylation sites is 2. The van der Waals surface area contributed by atoms with Crippen molar-refractivity contribution in [1.82, 2.24) is 14.9 Å². The Hall–Kier alpha value is -3.60. The zero-order chi connectivity index (χ0) is 23.8. The van der Waals surface area contributed by atoms with Crippen molar-refractivity contribution in [2.45, 2.75) is 46.1 Å². The fourth-order valence-electron chi connectivity index (χ4n) is 4.24. The molecule has 0 radical (unpaired) electrons. The van der Waals surface area contributed by atoms with Crippen LogP contribution in [0.15, 0.2) is 72.8 Å². The monoisotopic (exact) mass is 455 g/mol. The first-order valence-electron chi connectivity index (χ1n) is 12.0. The van der Waals surface area contributed by atoms with Gasteiger partial charge in [-0.05, 0) is 56.0 Å². The van der Waals surface area contributed by atoms with Crippen LogP contribution >= 0.6 is 0 Å². The second kappa shape index (κ2) is 11.5. The number of carbonyl (C=O) groups is 1. The second-order valence-electron chi connectivity index (χ2n) is 8.72. The molecule has 5 nitrogen and oxygen atoms in total. The van der Waals surface area contributed by atoms with Gasteiger partial charge in [0.2, 0.25) is 5.91 Å². The molecule has 34 heavy (non-hydrogen) atoms. The van der Waals surface area contributed by atoms with E-state index in [0.29, 0.717) is 26.0 Å². The molecule has 1 amide bonds. The van der Waals surface area contributed by atoms with E-state index in [4.69, 9.17) is 9.72 Å². The van der Waals surface area contributed by atoms with Gasteiger partial charge in [0.25, 0.3) is 0 Å². The molecule has 0 spiro atoms. The molecule has 4 rings (SSSR count). The molecule has 0 bridgehead atoms. The van der Waals surface area contributed by atoms with Gasteiger partial charge >= 0.3 is 0 Å². The van der Waals surface area contributed by atoms with Crippen molar-refractivity contribution in [2.24, 2.45) is 0 Å².